The molecule has 2 heterocycles. The average molecular weight is 193 g/mol. The van der Waals surface area contributed by atoms with Crippen molar-refractivity contribution >= 4 is 21.6 Å². The lowest BCUT2D eigenvalue weighted by atomic mass is 10.3. The second-order valence-electron chi connectivity index (χ2n) is 2.79. The topological polar surface area (TPSA) is 31.4 Å². The molecule has 0 aliphatic carbocycles. The first-order valence-corrected chi connectivity index (χ1v) is 4.95. The van der Waals surface area contributed by atoms with E-state index in [0.717, 1.165) is 21.7 Å². The normalized spacial score (nSPS) is 14.8. The van der Waals surface area contributed by atoms with Crippen LogP contribution in [0.5, 0.6) is 11.5 Å². The maximum Gasteiger partial charge on any atom is 0.180 e. The smallest absolute Gasteiger partial charge is 0.180 e. The number of fused-ring (bicyclic) bond motifs is 3. The van der Waals surface area contributed by atoms with Crippen LogP contribution in [0.25, 0.3) is 10.2 Å². The van der Waals surface area contributed by atoms with E-state index < -0.39 is 0 Å². The van der Waals surface area contributed by atoms with Crippen LogP contribution in [0.2, 0.25) is 0 Å². The first kappa shape index (κ1) is 7.15. The van der Waals surface area contributed by atoms with Crippen molar-refractivity contribution in [3.8, 4) is 11.5 Å². The molecule has 1 aromatic carbocycles. The van der Waals surface area contributed by atoms with Gasteiger partial charge in [0.15, 0.2) is 11.5 Å². The van der Waals surface area contributed by atoms with Crippen LogP contribution in [0.4, 0.5) is 0 Å². The Hall–Kier alpha value is -1.29. The third kappa shape index (κ3) is 0.986. The van der Waals surface area contributed by atoms with Crippen molar-refractivity contribution < 1.29 is 9.47 Å². The lowest BCUT2D eigenvalue weighted by Crippen LogP contribution is -2.15. The van der Waals surface area contributed by atoms with Crippen LogP contribution in [0.3, 0.4) is 0 Å². The predicted octanol–water partition coefficient (Wildman–Crippen LogP) is 2.07. The highest BCUT2D eigenvalue weighted by Gasteiger charge is 2.15. The molecule has 0 radical (unpaired) electrons. The summed E-state index contributed by atoms with van der Waals surface area (Å²) in [6.45, 7) is 1.27. The van der Waals surface area contributed by atoms with E-state index in [9.17, 15) is 0 Å². The fraction of sp³-hybridized carbons (Fsp3) is 0.222. The molecule has 0 unspecified atom stereocenters. The summed E-state index contributed by atoms with van der Waals surface area (Å²) in [5.41, 5.74) is 2.80. The van der Waals surface area contributed by atoms with E-state index >= 15 is 0 Å². The van der Waals surface area contributed by atoms with E-state index in [0.29, 0.717) is 13.2 Å². The van der Waals surface area contributed by atoms with Crippen molar-refractivity contribution in [3.05, 3.63) is 17.6 Å². The van der Waals surface area contributed by atoms with Crippen LogP contribution in [0.1, 0.15) is 0 Å². The summed E-state index contributed by atoms with van der Waals surface area (Å²) in [6, 6.07) is 3.87. The summed E-state index contributed by atoms with van der Waals surface area (Å²) in [5, 5.41) is 0. The minimum Gasteiger partial charge on any atom is -0.486 e. The van der Waals surface area contributed by atoms with Gasteiger partial charge < -0.3 is 9.47 Å². The first-order chi connectivity index (χ1) is 6.45. The molecule has 3 rings (SSSR count). The summed E-state index contributed by atoms with van der Waals surface area (Å²) in [7, 11) is 0. The number of hydrogen-bond acceptors (Lipinski definition) is 4. The fourth-order valence-electron chi connectivity index (χ4n) is 1.43. The molecular weight excluding hydrogens is 186 g/mol. The van der Waals surface area contributed by atoms with Gasteiger partial charge in [-0.3, -0.25) is 0 Å². The van der Waals surface area contributed by atoms with Gasteiger partial charge in [-0.05, 0) is 12.1 Å². The van der Waals surface area contributed by atoms with Crippen LogP contribution >= 0.6 is 11.3 Å². The Morgan fingerprint density at radius 3 is 3.15 bits per heavy atom. The molecule has 1 aliphatic rings. The second-order valence-corrected chi connectivity index (χ2v) is 3.65. The lowest BCUT2D eigenvalue weighted by molar-refractivity contribution is 0.174. The summed E-state index contributed by atoms with van der Waals surface area (Å²) < 4.78 is 12.1. The van der Waals surface area contributed by atoms with Gasteiger partial charge in [0.25, 0.3) is 0 Å². The summed E-state index contributed by atoms with van der Waals surface area (Å²) >= 11 is 1.59. The number of thiazole rings is 1. The maximum absolute atomic E-state index is 5.54. The molecule has 0 saturated carbocycles. The Bertz CT molecular complexity index is 452. The molecule has 13 heavy (non-hydrogen) atoms. The van der Waals surface area contributed by atoms with Gasteiger partial charge in [0.1, 0.15) is 17.9 Å². The van der Waals surface area contributed by atoms with Crippen molar-refractivity contribution in [2.75, 3.05) is 13.2 Å². The van der Waals surface area contributed by atoms with Gasteiger partial charge >= 0.3 is 0 Å². The lowest BCUT2D eigenvalue weighted by Gasteiger charge is -2.18. The van der Waals surface area contributed by atoms with Crippen LogP contribution in [-0.2, 0) is 0 Å². The highest BCUT2D eigenvalue weighted by atomic mass is 32.1. The highest BCUT2D eigenvalue weighted by molar-refractivity contribution is 7.17. The monoisotopic (exact) mass is 193 g/mol. The number of rotatable bonds is 0. The van der Waals surface area contributed by atoms with Crippen molar-refractivity contribution in [1.82, 2.24) is 4.98 Å². The van der Waals surface area contributed by atoms with Gasteiger partial charge in [0, 0.05) is 0 Å². The second kappa shape index (κ2) is 2.60. The molecule has 1 aromatic heterocycles. The minimum atomic E-state index is 0.629. The number of nitrogens with zero attached hydrogens (tertiary/aromatic N) is 1. The quantitative estimate of drug-likeness (QED) is 0.641. The minimum absolute atomic E-state index is 0.629. The van der Waals surface area contributed by atoms with Gasteiger partial charge in [-0.25, -0.2) is 4.98 Å². The molecule has 0 saturated heterocycles. The molecule has 1 aliphatic heterocycles. The van der Waals surface area contributed by atoms with E-state index in [1.807, 2.05) is 17.6 Å². The van der Waals surface area contributed by atoms with Gasteiger partial charge in [-0.1, -0.05) is 0 Å². The molecule has 0 fully saturated rings. The van der Waals surface area contributed by atoms with E-state index in [1.165, 1.54) is 0 Å². The van der Waals surface area contributed by atoms with Crippen LogP contribution in [0, 0.1) is 0 Å². The van der Waals surface area contributed by atoms with Gasteiger partial charge in [0.2, 0.25) is 0 Å². The standard InChI is InChI=1S/C9H7NO2S/c1-2-7-8(12-4-3-11-7)9-6(1)10-5-13-9/h1-2,5H,3-4H2. The summed E-state index contributed by atoms with van der Waals surface area (Å²) in [6.07, 6.45) is 0. The Balaban J connectivity index is 2.34. The Morgan fingerprint density at radius 2 is 2.15 bits per heavy atom. The SMILES string of the molecule is c1nc2ccc3c(c2s1)OCCO3. The third-order valence-corrected chi connectivity index (χ3v) is 2.85. The van der Waals surface area contributed by atoms with Crippen LogP contribution < -0.4 is 9.47 Å². The highest BCUT2D eigenvalue weighted by Crippen LogP contribution is 2.39. The molecule has 0 spiro atoms. The summed E-state index contributed by atoms with van der Waals surface area (Å²) in [5.74, 6) is 1.69. The summed E-state index contributed by atoms with van der Waals surface area (Å²) in [4.78, 5) is 4.21. The molecule has 0 amide bonds. The molecule has 3 nitrogen and oxygen atoms in total. The van der Waals surface area contributed by atoms with Crippen LogP contribution in [-0.4, -0.2) is 18.2 Å². The van der Waals surface area contributed by atoms with E-state index in [4.69, 9.17) is 9.47 Å². The Kier molecular flexibility index (Phi) is 1.43. The van der Waals surface area contributed by atoms with E-state index in [2.05, 4.69) is 4.98 Å². The maximum atomic E-state index is 5.54. The van der Waals surface area contributed by atoms with Gasteiger partial charge in [-0.15, -0.1) is 11.3 Å². The van der Waals surface area contributed by atoms with Gasteiger partial charge in [0.05, 0.1) is 11.0 Å². The van der Waals surface area contributed by atoms with Crippen molar-refractivity contribution in [3.63, 3.8) is 0 Å². The largest absolute Gasteiger partial charge is 0.486 e. The average Bonchev–Trinajstić information content (AvgIpc) is 2.65. The molecule has 0 atom stereocenters. The molecule has 4 heteroatoms. The number of hydrogen-bond donors (Lipinski definition) is 0. The number of aromatic nitrogens is 1. The van der Waals surface area contributed by atoms with Crippen LogP contribution in [0.15, 0.2) is 17.6 Å². The molecule has 0 bridgehead atoms. The van der Waals surface area contributed by atoms with E-state index in [1.54, 1.807) is 11.3 Å². The number of ether oxygens (including phenoxy) is 2. The Morgan fingerprint density at radius 1 is 1.23 bits per heavy atom. The third-order valence-electron chi connectivity index (χ3n) is 2.00. The number of benzene rings is 1. The first-order valence-electron chi connectivity index (χ1n) is 4.07. The zero-order valence-electron chi connectivity index (χ0n) is 6.82. The molecule has 66 valence electrons. The zero-order valence-corrected chi connectivity index (χ0v) is 7.63. The van der Waals surface area contributed by atoms with E-state index in [-0.39, 0.29) is 0 Å². The molecular formula is C9H7NO2S. The van der Waals surface area contributed by atoms with Crippen molar-refractivity contribution in [1.29, 1.82) is 0 Å². The molecule has 0 N–H and O–H groups in total. The zero-order chi connectivity index (χ0) is 8.67. The van der Waals surface area contributed by atoms with Gasteiger partial charge in [-0.2, -0.15) is 0 Å². The predicted molar refractivity (Wildman–Crippen MR) is 50.6 cm³/mol. The van der Waals surface area contributed by atoms with Crippen molar-refractivity contribution in [2.24, 2.45) is 0 Å². The van der Waals surface area contributed by atoms with Crippen molar-refractivity contribution in [2.45, 2.75) is 0 Å². The molecule has 2 aromatic rings. The Labute approximate surface area is 78.9 Å². The fourth-order valence-corrected chi connectivity index (χ4v) is 2.21.